The molecule has 0 aromatic carbocycles. The molecule has 0 unspecified atom stereocenters. The van der Waals surface area contributed by atoms with Gasteiger partial charge in [-0.05, 0) is 24.3 Å². The van der Waals surface area contributed by atoms with Gasteiger partial charge in [0.15, 0.2) is 5.78 Å². The van der Waals surface area contributed by atoms with Crippen LogP contribution >= 0.6 is 15.9 Å². The molecule has 0 atom stereocenters. The van der Waals surface area contributed by atoms with E-state index >= 15 is 0 Å². The Morgan fingerprint density at radius 3 is 2.67 bits per heavy atom. The molecule has 1 aromatic rings. The van der Waals surface area contributed by atoms with Crippen LogP contribution < -0.4 is 5.56 Å². The summed E-state index contributed by atoms with van der Waals surface area (Å²) in [5, 5.41) is 0.823. The molecule has 0 saturated carbocycles. The van der Waals surface area contributed by atoms with Crippen LogP contribution in [0.2, 0.25) is 0 Å². The van der Waals surface area contributed by atoms with Gasteiger partial charge in [-0.2, -0.15) is 0 Å². The van der Waals surface area contributed by atoms with Crippen molar-refractivity contribution < 1.29 is 4.79 Å². The topological polar surface area (TPSA) is 39.1 Å². The van der Waals surface area contributed by atoms with Crippen LogP contribution in [0.1, 0.15) is 42.7 Å². The molecule has 0 fully saturated rings. The van der Waals surface area contributed by atoms with E-state index in [-0.39, 0.29) is 16.8 Å². The number of pyridine rings is 1. The van der Waals surface area contributed by atoms with Crippen LogP contribution in [0.25, 0.3) is 0 Å². The monoisotopic (exact) mass is 311 g/mol. The number of halogens is 1. The molecule has 18 heavy (non-hydrogen) atoms. The van der Waals surface area contributed by atoms with E-state index in [9.17, 15) is 9.59 Å². The lowest BCUT2D eigenvalue weighted by Gasteiger charge is -2.27. The lowest BCUT2D eigenvalue weighted by Crippen LogP contribution is -2.33. The third kappa shape index (κ3) is 2.58. The van der Waals surface area contributed by atoms with E-state index in [1.54, 1.807) is 10.6 Å². The van der Waals surface area contributed by atoms with E-state index < -0.39 is 0 Å². The number of aromatic nitrogens is 1. The molecule has 0 N–H and O–H groups in total. The van der Waals surface area contributed by atoms with Gasteiger partial charge in [-0.15, -0.1) is 0 Å². The minimum Gasteiger partial charge on any atom is -0.311 e. The van der Waals surface area contributed by atoms with Gasteiger partial charge in [0.1, 0.15) is 0 Å². The molecule has 0 spiro atoms. The van der Waals surface area contributed by atoms with E-state index in [2.05, 4.69) is 29.8 Å². The first kappa shape index (κ1) is 13.5. The second-order valence-corrected chi connectivity index (χ2v) is 6.25. The van der Waals surface area contributed by atoms with E-state index in [1.807, 2.05) is 0 Å². The van der Waals surface area contributed by atoms with E-state index in [4.69, 9.17) is 0 Å². The summed E-state index contributed by atoms with van der Waals surface area (Å²) >= 11 is 3.48. The molecular weight excluding hydrogens is 294 g/mol. The summed E-state index contributed by atoms with van der Waals surface area (Å²) in [6.07, 6.45) is 2.28. The third-order valence-corrected chi connectivity index (χ3v) is 4.88. The highest BCUT2D eigenvalue weighted by molar-refractivity contribution is 9.09. The van der Waals surface area contributed by atoms with Gasteiger partial charge in [0.25, 0.3) is 5.56 Å². The molecule has 98 valence electrons. The average Bonchev–Trinajstić information content (AvgIpc) is 2.33. The Labute approximate surface area is 115 Å². The Kier molecular flexibility index (Phi) is 3.76. The normalized spacial score (nSPS) is 15.6. The van der Waals surface area contributed by atoms with E-state index in [0.717, 1.165) is 29.4 Å². The third-order valence-electron chi connectivity index (χ3n) is 3.36. The van der Waals surface area contributed by atoms with Crippen molar-refractivity contribution in [3.05, 3.63) is 33.7 Å². The number of rotatable bonds is 3. The zero-order valence-corrected chi connectivity index (χ0v) is 12.4. The van der Waals surface area contributed by atoms with Crippen molar-refractivity contribution in [2.75, 3.05) is 5.33 Å². The Morgan fingerprint density at radius 1 is 1.28 bits per heavy atom. The minimum atomic E-state index is -0.00234. The second kappa shape index (κ2) is 5.00. The highest BCUT2D eigenvalue weighted by Gasteiger charge is 2.24. The lowest BCUT2D eigenvalue weighted by atomic mass is 9.92. The first-order valence-electron chi connectivity index (χ1n) is 6.26. The fourth-order valence-electron chi connectivity index (χ4n) is 2.34. The Balaban J connectivity index is 2.50. The van der Waals surface area contributed by atoms with Crippen molar-refractivity contribution in [1.29, 1.82) is 0 Å². The Bertz CT molecular complexity index is 531. The van der Waals surface area contributed by atoms with Crippen LogP contribution in [0.4, 0.5) is 0 Å². The molecule has 0 radical (unpaired) electrons. The zero-order chi connectivity index (χ0) is 13.3. The van der Waals surface area contributed by atoms with Crippen molar-refractivity contribution in [3.8, 4) is 0 Å². The van der Waals surface area contributed by atoms with Crippen LogP contribution in [-0.2, 0) is 13.0 Å². The molecule has 1 aliphatic carbocycles. The van der Waals surface area contributed by atoms with Crippen molar-refractivity contribution in [2.24, 2.45) is 5.41 Å². The highest BCUT2D eigenvalue weighted by Crippen LogP contribution is 2.24. The molecular formula is C14H18BrNO2. The van der Waals surface area contributed by atoms with Crippen LogP contribution in [0.15, 0.2) is 16.9 Å². The molecule has 1 heterocycles. The summed E-state index contributed by atoms with van der Waals surface area (Å²) in [5.74, 6) is 0.168. The number of fused-ring (bicyclic) bond motifs is 1. The average molecular weight is 312 g/mol. The molecule has 1 aliphatic rings. The number of carbonyl (C=O) groups is 1. The van der Waals surface area contributed by atoms with Crippen molar-refractivity contribution in [3.63, 3.8) is 0 Å². The largest absolute Gasteiger partial charge is 0.311 e. The number of alkyl halides is 1. The van der Waals surface area contributed by atoms with Crippen LogP contribution in [0.3, 0.4) is 0 Å². The van der Waals surface area contributed by atoms with Gasteiger partial charge in [-0.1, -0.05) is 29.8 Å². The number of carbonyl (C=O) groups excluding carboxylic acids is 1. The maximum absolute atomic E-state index is 12.0. The molecule has 0 aliphatic heterocycles. The second-order valence-electron chi connectivity index (χ2n) is 5.69. The van der Waals surface area contributed by atoms with E-state index in [0.29, 0.717) is 13.0 Å². The summed E-state index contributed by atoms with van der Waals surface area (Å²) in [7, 11) is 0. The van der Waals surface area contributed by atoms with Gasteiger partial charge in [-0.25, -0.2) is 0 Å². The fourth-order valence-corrected chi connectivity index (χ4v) is 2.51. The number of Topliss-reactive ketones (excluding diaryl/α,β-unsaturated/α-hetero) is 1. The SMILES string of the molecule is CC(C)(CBr)Cn1c2c(ccc1=O)C(=O)CCC2. The summed E-state index contributed by atoms with van der Waals surface area (Å²) in [4.78, 5) is 23.9. The first-order valence-corrected chi connectivity index (χ1v) is 7.39. The van der Waals surface area contributed by atoms with Gasteiger partial charge in [0.2, 0.25) is 0 Å². The quantitative estimate of drug-likeness (QED) is 0.805. The number of hydrogen-bond donors (Lipinski definition) is 0. The minimum absolute atomic E-state index is 0.000551. The standard InChI is InChI=1S/C14H18BrNO2/c1-14(2,8-15)9-16-11-4-3-5-12(17)10(11)6-7-13(16)18/h6-7H,3-5,8-9H2,1-2H3. The van der Waals surface area contributed by atoms with Crippen molar-refractivity contribution >= 4 is 21.7 Å². The van der Waals surface area contributed by atoms with Crippen molar-refractivity contribution in [1.82, 2.24) is 4.57 Å². The Hall–Kier alpha value is -0.900. The maximum Gasteiger partial charge on any atom is 0.250 e. The lowest BCUT2D eigenvalue weighted by molar-refractivity contribution is 0.0969. The van der Waals surface area contributed by atoms with Crippen LogP contribution in [-0.4, -0.2) is 15.7 Å². The highest BCUT2D eigenvalue weighted by atomic mass is 79.9. The number of nitrogens with zero attached hydrogens (tertiary/aromatic N) is 1. The number of ketones is 1. The van der Waals surface area contributed by atoms with Crippen molar-refractivity contribution in [2.45, 2.75) is 39.7 Å². The first-order chi connectivity index (χ1) is 8.44. The predicted octanol–water partition coefficient (Wildman–Crippen LogP) is 2.79. The molecule has 4 heteroatoms. The summed E-state index contributed by atoms with van der Waals surface area (Å²) in [6.45, 7) is 4.87. The Morgan fingerprint density at radius 2 is 2.00 bits per heavy atom. The van der Waals surface area contributed by atoms with Crippen LogP contribution in [0.5, 0.6) is 0 Å². The zero-order valence-electron chi connectivity index (χ0n) is 10.8. The van der Waals surface area contributed by atoms with Gasteiger partial charge in [0.05, 0.1) is 0 Å². The molecule has 1 aromatic heterocycles. The van der Waals surface area contributed by atoms with Crippen LogP contribution in [0, 0.1) is 5.41 Å². The summed E-state index contributed by atoms with van der Waals surface area (Å²) < 4.78 is 1.79. The summed E-state index contributed by atoms with van der Waals surface area (Å²) in [5.41, 5.74) is 1.66. The van der Waals surface area contributed by atoms with Gasteiger partial charge < -0.3 is 4.57 Å². The smallest absolute Gasteiger partial charge is 0.250 e. The van der Waals surface area contributed by atoms with E-state index in [1.165, 1.54) is 6.07 Å². The molecule has 2 rings (SSSR count). The molecule has 0 saturated heterocycles. The molecule has 0 bridgehead atoms. The maximum atomic E-state index is 12.0. The summed E-state index contributed by atoms with van der Waals surface area (Å²) in [6, 6.07) is 3.21. The van der Waals surface area contributed by atoms with Gasteiger partial charge in [-0.3, -0.25) is 9.59 Å². The number of hydrogen-bond acceptors (Lipinski definition) is 2. The fraction of sp³-hybridized carbons (Fsp3) is 0.571. The predicted molar refractivity (Wildman–Crippen MR) is 75.5 cm³/mol. The van der Waals surface area contributed by atoms with Gasteiger partial charge in [0, 0.05) is 35.6 Å². The van der Waals surface area contributed by atoms with Gasteiger partial charge >= 0.3 is 0 Å². The molecule has 0 amide bonds. The molecule has 3 nitrogen and oxygen atoms in total.